The van der Waals surface area contributed by atoms with Gasteiger partial charge in [0.05, 0.1) is 25.0 Å². The molecule has 29 heavy (non-hydrogen) atoms. The first-order valence-electron chi connectivity index (χ1n) is 10.4. The van der Waals surface area contributed by atoms with E-state index in [1.54, 1.807) is 4.90 Å². The number of H-pyrrole nitrogens is 1. The van der Waals surface area contributed by atoms with E-state index in [1.165, 1.54) is 6.20 Å². The van der Waals surface area contributed by atoms with Gasteiger partial charge in [0.2, 0.25) is 21.3 Å². The van der Waals surface area contributed by atoms with E-state index in [0.717, 1.165) is 43.9 Å². The molecule has 1 aliphatic heterocycles. The van der Waals surface area contributed by atoms with Crippen molar-refractivity contribution < 1.29 is 17.5 Å². The molecule has 2 N–H and O–H groups in total. The maximum Gasteiger partial charge on any atom is 0.219 e. The quantitative estimate of drug-likeness (QED) is 0.694. The Bertz CT molecular complexity index is 850. The zero-order chi connectivity index (χ0) is 21.2. The van der Waals surface area contributed by atoms with Crippen molar-refractivity contribution in [3.8, 4) is 0 Å². The third-order valence-electron chi connectivity index (χ3n) is 6.24. The third kappa shape index (κ3) is 5.58. The van der Waals surface area contributed by atoms with E-state index in [2.05, 4.69) is 23.6 Å². The average molecular weight is 430 g/mol. The van der Waals surface area contributed by atoms with Crippen LogP contribution in [0, 0.1) is 17.7 Å². The van der Waals surface area contributed by atoms with Gasteiger partial charge in [0.15, 0.2) is 0 Å². The summed E-state index contributed by atoms with van der Waals surface area (Å²) in [7, 11) is -3.42. The van der Waals surface area contributed by atoms with Crippen LogP contribution in [-0.2, 0) is 14.8 Å². The van der Waals surface area contributed by atoms with Crippen molar-refractivity contribution in [3.05, 3.63) is 28.3 Å². The smallest absolute Gasteiger partial charge is 0.219 e. The SMILES string of the molecule is CC(C)C1CCC(OC[C@H]2[C@@H](NS(C)(=O)=O)CCN2c2[nH]ccc(=O)c2F)CC1. The van der Waals surface area contributed by atoms with Crippen molar-refractivity contribution in [2.45, 2.75) is 64.1 Å². The minimum absolute atomic E-state index is 0.0902. The number of ether oxygens (including phenoxy) is 1. The molecule has 2 atom stereocenters. The molecule has 2 fully saturated rings. The van der Waals surface area contributed by atoms with Gasteiger partial charge >= 0.3 is 0 Å². The Morgan fingerprint density at radius 3 is 2.59 bits per heavy atom. The molecule has 3 rings (SSSR count). The number of aromatic nitrogens is 1. The van der Waals surface area contributed by atoms with Crippen LogP contribution in [0.3, 0.4) is 0 Å². The number of pyridine rings is 1. The van der Waals surface area contributed by atoms with Gasteiger partial charge in [-0.25, -0.2) is 13.1 Å². The van der Waals surface area contributed by atoms with Crippen molar-refractivity contribution in [1.29, 1.82) is 0 Å². The second-order valence-electron chi connectivity index (χ2n) is 8.66. The van der Waals surface area contributed by atoms with Crippen LogP contribution in [0.5, 0.6) is 0 Å². The molecule has 1 aromatic rings. The van der Waals surface area contributed by atoms with Gasteiger partial charge < -0.3 is 14.6 Å². The molecular formula is C20H32FN3O4S. The van der Waals surface area contributed by atoms with E-state index in [9.17, 15) is 17.6 Å². The summed E-state index contributed by atoms with van der Waals surface area (Å²) in [6, 6.07) is 0.347. The first-order chi connectivity index (χ1) is 13.7. The van der Waals surface area contributed by atoms with Gasteiger partial charge in [-0.05, 0) is 43.9 Å². The molecule has 0 amide bonds. The molecule has 1 aromatic heterocycles. The Kier molecular flexibility index (Phi) is 7.01. The number of anilines is 1. The fourth-order valence-corrected chi connectivity index (χ4v) is 5.39. The van der Waals surface area contributed by atoms with Crippen LogP contribution in [0.1, 0.15) is 46.0 Å². The highest BCUT2D eigenvalue weighted by molar-refractivity contribution is 7.88. The van der Waals surface area contributed by atoms with Gasteiger partial charge in [0, 0.05) is 24.8 Å². The van der Waals surface area contributed by atoms with E-state index in [0.29, 0.717) is 18.9 Å². The zero-order valence-electron chi connectivity index (χ0n) is 17.4. The molecule has 1 saturated heterocycles. The Balaban J connectivity index is 1.72. The predicted octanol–water partition coefficient (Wildman–Crippen LogP) is 2.24. The van der Waals surface area contributed by atoms with Crippen molar-refractivity contribution in [2.24, 2.45) is 11.8 Å². The number of hydrogen-bond donors (Lipinski definition) is 2. The molecule has 0 spiro atoms. The van der Waals surface area contributed by atoms with E-state index < -0.39 is 27.3 Å². The van der Waals surface area contributed by atoms with E-state index in [4.69, 9.17) is 4.74 Å². The van der Waals surface area contributed by atoms with Crippen LogP contribution in [0.4, 0.5) is 10.2 Å². The van der Waals surface area contributed by atoms with Crippen LogP contribution in [0.2, 0.25) is 0 Å². The number of nitrogens with zero attached hydrogens (tertiary/aromatic N) is 1. The molecule has 9 heteroatoms. The molecule has 2 aliphatic rings. The van der Waals surface area contributed by atoms with Gasteiger partial charge in [-0.2, -0.15) is 4.39 Å². The van der Waals surface area contributed by atoms with E-state index >= 15 is 0 Å². The largest absolute Gasteiger partial charge is 0.376 e. The summed E-state index contributed by atoms with van der Waals surface area (Å²) >= 11 is 0. The van der Waals surface area contributed by atoms with Crippen LogP contribution in [0.25, 0.3) is 0 Å². The number of halogens is 1. The monoisotopic (exact) mass is 429 g/mol. The third-order valence-corrected chi connectivity index (χ3v) is 6.97. The second kappa shape index (κ2) is 9.14. The Morgan fingerprint density at radius 1 is 1.28 bits per heavy atom. The second-order valence-corrected chi connectivity index (χ2v) is 10.4. The predicted molar refractivity (Wildman–Crippen MR) is 111 cm³/mol. The van der Waals surface area contributed by atoms with Gasteiger partial charge in [-0.1, -0.05) is 13.8 Å². The Morgan fingerprint density at radius 2 is 1.97 bits per heavy atom. The standard InChI is InChI=1S/C20H32FN3O4S/c1-13(2)14-4-6-15(7-5-14)28-12-17-16(23-29(3,26)27)9-11-24(17)20-19(21)18(25)8-10-22-20/h8,10,13-17,23H,4-7,9,11-12H2,1-3H3,(H,22,25)/t14?,15?,16-,17-/m0/s1. The summed E-state index contributed by atoms with van der Waals surface area (Å²) in [6.45, 7) is 5.20. The molecule has 0 radical (unpaired) electrons. The summed E-state index contributed by atoms with van der Waals surface area (Å²) in [6.07, 6.45) is 7.38. The molecule has 1 saturated carbocycles. The molecule has 0 aromatic carbocycles. The lowest BCUT2D eigenvalue weighted by Gasteiger charge is -2.34. The lowest BCUT2D eigenvalue weighted by Crippen LogP contribution is -2.48. The summed E-state index contributed by atoms with van der Waals surface area (Å²) in [5.74, 6) is 0.630. The van der Waals surface area contributed by atoms with Gasteiger partial charge in [-0.15, -0.1) is 0 Å². The molecule has 1 aliphatic carbocycles. The normalized spacial score (nSPS) is 28.2. The topological polar surface area (TPSA) is 91.5 Å². The van der Waals surface area contributed by atoms with E-state index in [1.807, 2.05) is 0 Å². The molecular weight excluding hydrogens is 397 g/mol. The fraction of sp³-hybridized carbons (Fsp3) is 0.750. The van der Waals surface area contributed by atoms with Crippen LogP contribution in [-0.4, -0.2) is 51.0 Å². The number of aromatic amines is 1. The molecule has 7 nitrogen and oxygen atoms in total. The summed E-state index contributed by atoms with van der Waals surface area (Å²) in [5, 5.41) is 0. The van der Waals surface area contributed by atoms with Gasteiger partial charge in [-0.3, -0.25) is 4.79 Å². The highest BCUT2D eigenvalue weighted by atomic mass is 32.2. The summed E-state index contributed by atoms with van der Waals surface area (Å²) in [5.41, 5.74) is -0.690. The average Bonchev–Trinajstić information content (AvgIpc) is 3.03. The molecule has 2 heterocycles. The Hall–Kier alpha value is -1.45. The van der Waals surface area contributed by atoms with E-state index in [-0.39, 0.29) is 24.6 Å². The van der Waals surface area contributed by atoms with Gasteiger partial charge in [0.1, 0.15) is 5.82 Å². The number of nitrogens with one attached hydrogen (secondary N) is 2. The van der Waals surface area contributed by atoms with Crippen LogP contribution < -0.4 is 15.1 Å². The lowest BCUT2D eigenvalue weighted by atomic mass is 9.80. The number of rotatable bonds is 7. The number of sulfonamides is 1. The first kappa shape index (κ1) is 22.2. The lowest BCUT2D eigenvalue weighted by molar-refractivity contribution is 0.00504. The molecule has 0 bridgehead atoms. The maximum atomic E-state index is 14.4. The minimum Gasteiger partial charge on any atom is -0.376 e. The Labute approximate surface area is 172 Å². The summed E-state index contributed by atoms with van der Waals surface area (Å²) in [4.78, 5) is 16.3. The first-order valence-corrected chi connectivity index (χ1v) is 12.3. The van der Waals surface area contributed by atoms with Crippen molar-refractivity contribution in [3.63, 3.8) is 0 Å². The fourth-order valence-electron chi connectivity index (χ4n) is 4.56. The molecule has 0 unspecified atom stereocenters. The van der Waals surface area contributed by atoms with Crippen molar-refractivity contribution in [2.75, 3.05) is 24.3 Å². The molecule has 164 valence electrons. The summed E-state index contributed by atoms with van der Waals surface area (Å²) < 4.78 is 46.9. The minimum atomic E-state index is -3.42. The van der Waals surface area contributed by atoms with Crippen molar-refractivity contribution in [1.82, 2.24) is 9.71 Å². The zero-order valence-corrected chi connectivity index (χ0v) is 18.2. The van der Waals surface area contributed by atoms with Crippen LogP contribution >= 0.6 is 0 Å². The van der Waals surface area contributed by atoms with Crippen molar-refractivity contribution >= 4 is 15.8 Å². The highest BCUT2D eigenvalue weighted by Gasteiger charge is 2.38. The van der Waals surface area contributed by atoms with Gasteiger partial charge in [0.25, 0.3) is 0 Å². The number of hydrogen-bond acceptors (Lipinski definition) is 5. The maximum absolute atomic E-state index is 14.4. The van der Waals surface area contributed by atoms with Crippen LogP contribution in [0.15, 0.2) is 17.1 Å². The highest BCUT2D eigenvalue weighted by Crippen LogP contribution is 2.32.